The molecule has 0 radical (unpaired) electrons. The molecular formula is C14H16BrN3O2. The third kappa shape index (κ3) is 3.14. The topological polar surface area (TPSA) is 71.3 Å². The Balaban J connectivity index is 2.17. The van der Waals surface area contributed by atoms with Gasteiger partial charge in [-0.05, 0) is 24.3 Å². The third-order valence-electron chi connectivity index (χ3n) is 2.93. The average Bonchev–Trinajstić information content (AvgIpc) is 2.84. The van der Waals surface area contributed by atoms with Crippen LogP contribution in [0.5, 0.6) is 5.75 Å². The van der Waals surface area contributed by atoms with Gasteiger partial charge in [0.15, 0.2) is 0 Å². The predicted molar refractivity (Wildman–Crippen MR) is 81.7 cm³/mol. The molecule has 0 atom stereocenters. The molecule has 5 nitrogen and oxygen atoms in total. The van der Waals surface area contributed by atoms with Crippen LogP contribution in [0.3, 0.4) is 0 Å². The van der Waals surface area contributed by atoms with Crippen molar-refractivity contribution < 1.29 is 9.53 Å². The number of carbonyl (C=O) groups is 1. The number of H-pyrrole nitrogens is 1. The van der Waals surface area contributed by atoms with Gasteiger partial charge >= 0.3 is 0 Å². The maximum Gasteiger partial charge on any atom is 0.270 e. The summed E-state index contributed by atoms with van der Waals surface area (Å²) in [6.07, 6.45) is 1.60. The lowest BCUT2D eigenvalue weighted by atomic mass is 10.2. The zero-order chi connectivity index (χ0) is 14.7. The van der Waals surface area contributed by atoms with Crippen molar-refractivity contribution in [2.75, 3.05) is 19.9 Å². The number of aromatic nitrogens is 1. The van der Waals surface area contributed by atoms with E-state index in [4.69, 9.17) is 10.5 Å². The van der Waals surface area contributed by atoms with Gasteiger partial charge in [-0.25, -0.2) is 0 Å². The van der Waals surface area contributed by atoms with Crippen molar-refractivity contribution in [2.45, 2.75) is 6.54 Å². The van der Waals surface area contributed by atoms with E-state index in [9.17, 15) is 4.79 Å². The molecule has 0 aliphatic carbocycles. The van der Waals surface area contributed by atoms with Crippen LogP contribution in [0.2, 0.25) is 0 Å². The summed E-state index contributed by atoms with van der Waals surface area (Å²) in [7, 11) is 3.35. The zero-order valence-corrected chi connectivity index (χ0v) is 12.9. The van der Waals surface area contributed by atoms with Crippen LogP contribution in [0.1, 0.15) is 16.1 Å². The summed E-state index contributed by atoms with van der Waals surface area (Å²) >= 11 is 3.42. The smallest absolute Gasteiger partial charge is 0.270 e. The Hall–Kier alpha value is -1.95. The van der Waals surface area contributed by atoms with Gasteiger partial charge in [-0.3, -0.25) is 4.79 Å². The number of nitrogens with zero attached hydrogens (tertiary/aromatic N) is 1. The lowest BCUT2D eigenvalue weighted by molar-refractivity contribution is 0.0779. The quantitative estimate of drug-likeness (QED) is 0.900. The summed E-state index contributed by atoms with van der Waals surface area (Å²) in [4.78, 5) is 16.7. The van der Waals surface area contributed by atoms with Crippen molar-refractivity contribution in [3.63, 3.8) is 0 Å². The second-order valence-corrected chi connectivity index (χ2v) is 5.38. The molecule has 0 fully saturated rings. The second-order valence-electron chi connectivity index (χ2n) is 4.46. The van der Waals surface area contributed by atoms with E-state index in [0.717, 1.165) is 15.8 Å². The number of amides is 1. The standard InChI is InChI=1S/C14H16BrN3O2/c1-18(14(19)12-6-11(16)7-17-12)8-9-5-10(15)3-4-13(9)20-2/h3-7,17H,8,16H2,1-2H3. The molecule has 6 heteroatoms. The summed E-state index contributed by atoms with van der Waals surface area (Å²) in [5.41, 5.74) is 7.55. The van der Waals surface area contributed by atoms with Crippen LogP contribution >= 0.6 is 15.9 Å². The number of nitrogens with one attached hydrogen (secondary N) is 1. The Labute approximate surface area is 125 Å². The fourth-order valence-corrected chi connectivity index (χ4v) is 2.35. The third-order valence-corrected chi connectivity index (χ3v) is 3.43. The molecule has 20 heavy (non-hydrogen) atoms. The molecule has 1 heterocycles. The Morgan fingerprint density at radius 2 is 2.20 bits per heavy atom. The number of anilines is 1. The van der Waals surface area contributed by atoms with Gasteiger partial charge in [-0.2, -0.15) is 0 Å². The first kappa shape index (κ1) is 14.5. The number of halogens is 1. The first-order chi connectivity index (χ1) is 9.51. The number of aromatic amines is 1. The first-order valence-electron chi connectivity index (χ1n) is 6.03. The fourth-order valence-electron chi connectivity index (χ4n) is 1.94. The number of nitrogen functional groups attached to an aromatic ring is 1. The van der Waals surface area contributed by atoms with E-state index >= 15 is 0 Å². The van der Waals surface area contributed by atoms with Crippen molar-refractivity contribution >= 4 is 27.5 Å². The van der Waals surface area contributed by atoms with Crippen LogP contribution in [-0.4, -0.2) is 29.9 Å². The van der Waals surface area contributed by atoms with Crippen molar-refractivity contribution in [1.82, 2.24) is 9.88 Å². The molecule has 2 aromatic rings. The van der Waals surface area contributed by atoms with Gasteiger partial charge in [0.1, 0.15) is 11.4 Å². The molecule has 3 N–H and O–H groups in total. The highest BCUT2D eigenvalue weighted by Crippen LogP contribution is 2.24. The largest absolute Gasteiger partial charge is 0.496 e. The number of hydrogen-bond acceptors (Lipinski definition) is 3. The van der Waals surface area contributed by atoms with Crippen LogP contribution in [-0.2, 0) is 6.54 Å². The molecule has 0 unspecified atom stereocenters. The van der Waals surface area contributed by atoms with Gasteiger partial charge in [0.2, 0.25) is 0 Å². The van der Waals surface area contributed by atoms with Crippen molar-refractivity contribution in [1.29, 1.82) is 0 Å². The maximum atomic E-state index is 12.2. The number of benzene rings is 1. The van der Waals surface area contributed by atoms with Crippen molar-refractivity contribution in [3.05, 3.63) is 46.2 Å². The van der Waals surface area contributed by atoms with Gasteiger partial charge in [0.05, 0.1) is 7.11 Å². The van der Waals surface area contributed by atoms with Gasteiger partial charge in [-0.15, -0.1) is 0 Å². The molecule has 0 spiro atoms. The number of methoxy groups -OCH3 is 1. The summed E-state index contributed by atoms with van der Waals surface area (Å²) < 4.78 is 6.25. The van der Waals surface area contributed by atoms with E-state index in [1.54, 1.807) is 31.3 Å². The highest BCUT2D eigenvalue weighted by atomic mass is 79.9. The molecule has 1 aromatic carbocycles. The summed E-state index contributed by atoms with van der Waals surface area (Å²) in [5, 5.41) is 0. The number of rotatable bonds is 4. The van der Waals surface area contributed by atoms with Crippen LogP contribution < -0.4 is 10.5 Å². The number of ether oxygens (including phenoxy) is 1. The van der Waals surface area contributed by atoms with E-state index in [0.29, 0.717) is 17.9 Å². The summed E-state index contributed by atoms with van der Waals surface area (Å²) in [6, 6.07) is 7.32. The first-order valence-corrected chi connectivity index (χ1v) is 6.82. The van der Waals surface area contributed by atoms with Crippen LogP contribution in [0, 0.1) is 0 Å². The average molecular weight is 338 g/mol. The lowest BCUT2D eigenvalue weighted by Crippen LogP contribution is -2.26. The Kier molecular flexibility index (Phi) is 4.34. The molecular weight excluding hydrogens is 322 g/mol. The van der Waals surface area contributed by atoms with Gasteiger partial charge in [0, 0.05) is 35.5 Å². The highest BCUT2D eigenvalue weighted by Gasteiger charge is 2.15. The van der Waals surface area contributed by atoms with Crippen LogP contribution in [0.25, 0.3) is 0 Å². The number of hydrogen-bond donors (Lipinski definition) is 2. The monoisotopic (exact) mass is 337 g/mol. The Bertz CT molecular complexity index is 625. The molecule has 0 bridgehead atoms. The summed E-state index contributed by atoms with van der Waals surface area (Å²) in [6.45, 7) is 0.445. The lowest BCUT2D eigenvalue weighted by Gasteiger charge is -2.18. The predicted octanol–water partition coefficient (Wildman–Crippen LogP) is 2.64. The maximum absolute atomic E-state index is 12.2. The van der Waals surface area contributed by atoms with Crippen molar-refractivity contribution in [3.8, 4) is 5.75 Å². The normalized spacial score (nSPS) is 10.3. The minimum Gasteiger partial charge on any atom is -0.496 e. The number of carbonyl (C=O) groups excluding carboxylic acids is 1. The number of nitrogens with two attached hydrogens (primary N) is 1. The van der Waals surface area contributed by atoms with Crippen LogP contribution in [0.15, 0.2) is 34.9 Å². The minimum atomic E-state index is -0.122. The van der Waals surface area contributed by atoms with Gasteiger partial charge in [0.25, 0.3) is 5.91 Å². The Morgan fingerprint density at radius 1 is 1.45 bits per heavy atom. The van der Waals surface area contributed by atoms with Crippen LogP contribution in [0.4, 0.5) is 5.69 Å². The fraction of sp³-hybridized carbons (Fsp3) is 0.214. The molecule has 106 valence electrons. The van der Waals surface area contributed by atoms with E-state index in [-0.39, 0.29) is 5.91 Å². The highest BCUT2D eigenvalue weighted by molar-refractivity contribution is 9.10. The SMILES string of the molecule is COc1ccc(Br)cc1CN(C)C(=O)c1cc(N)c[nH]1. The molecule has 0 saturated carbocycles. The van der Waals surface area contributed by atoms with Crippen molar-refractivity contribution in [2.24, 2.45) is 0 Å². The summed E-state index contributed by atoms with van der Waals surface area (Å²) in [5.74, 6) is 0.627. The van der Waals surface area contributed by atoms with E-state index in [1.165, 1.54) is 0 Å². The molecule has 1 amide bonds. The van der Waals surface area contributed by atoms with E-state index < -0.39 is 0 Å². The van der Waals surface area contributed by atoms with E-state index in [1.807, 2.05) is 18.2 Å². The van der Waals surface area contributed by atoms with Gasteiger partial charge < -0.3 is 20.4 Å². The molecule has 0 aliphatic rings. The second kappa shape index (κ2) is 6.00. The Morgan fingerprint density at radius 3 is 2.80 bits per heavy atom. The molecule has 0 aliphatic heterocycles. The van der Waals surface area contributed by atoms with E-state index in [2.05, 4.69) is 20.9 Å². The minimum absolute atomic E-state index is 0.122. The van der Waals surface area contributed by atoms with Gasteiger partial charge in [-0.1, -0.05) is 15.9 Å². The molecule has 0 saturated heterocycles. The molecule has 2 rings (SSSR count). The zero-order valence-electron chi connectivity index (χ0n) is 11.3. The molecule has 1 aromatic heterocycles.